The molecule has 15 aromatic rings. The molecular formula is C120H123F2N17O. The molecule has 20 heteroatoms. The Morgan fingerprint density at radius 2 is 0.771 bits per heavy atom. The van der Waals surface area contributed by atoms with Crippen molar-refractivity contribution in [1.29, 1.82) is 5.26 Å². The van der Waals surface area contributed by atoms with Crippen LogP contribution in [0.15, 0.2) is 300 Å². The molecule has 1 saturated carbocycles. The first-order valence-electron chi connectivity index (χ1n) is 47.8. The van der Waals surface area contributed by atoms with Crippen molar-refractivity contribution in [2.45, 2.75) is 194 Å². The lowest BCUT2D eigenvalue weighted by molar-refractivity contribution is 0.277. The third kappa shape index (κ3) is 26.0. The van der Waals surface area contributed by atoms with E-state index < -0.39 is 0 Å². The van der Waals surface area contributed by atoms with Gasteiger partial charge in [-0.2, -0.15) is 5.26 Å². The van der Waals surface area contributed by atoms with E-state index in [-0.39, 0.29) is 11.6 Å². The first kappa shape index (κ1) is 100. The van der Waals surface area contributed by atoms with Crippen LogP contribution in [-0.4, -0.2) is 87.2 Å². The minimum Gasteiger partial charge on any atom is -0.494 e. The Morgan fingerprint density at radius 3 is 1.27 bits per heavy atom. The summed E-state index contributed by atoms with van der Waals surface area (Å²) in [6, 6.07) is 81.7. The van der Waals surface area contributed by atoms with E-state index in [0.29, 0.717) is 16.9 Å². The molecule has 0 bridgehead atoms. The number of rotatable bonds is 5. The van der Waals surface area contributed by atoms with E-state index >= 15 is 0 Å². The van der Waals surface area contributed by atoms with Gasteiger partial charge in [0.25, 0.3) is 0 Å². The Hall–Kier alpha value is -15.5. The summed E-state index contributed by atoms with van der Waals surface area (Å²) in [7, 11) is 3.71. The van der Waals surface area contributed by atoms with Gasteiger partial charge >= 0.3 is 0 Å². The Bertz CT molecular complexity index is 7300. The van der Waals surface area contributed by atoms with Gasteiger partial charge in [0, 0.05) is 129 Å². The minimum atomic E-state index is -0.209. The average molecular weight is 1860 g/mol. The van der Waals surface area contributed by atoms with Crippen LogP contribution in [0.1, 0.15) is 171 Å². The van der Waals surface area contributed by atoms with Gasteiger partial charge in [0.2, 0.25) is 0 Å². The fourth-order valence-corrected chi connectivity index (χ4v) is 17.9. The van der Waals surface area contributed by atoms with E-state index in [4.69, 9.17) is 16.6 Å². The van der Waals surface area contributed by atoms with Crippen LogP contribution in [0.3, 0.4) is 0 Å². The van der Waals surface area contributed by atoms with Gasteiger partial charge in [-0.1, -0.05) is 164 Å². The molecule has 0 amide bonds. The largest absolute Gasteiger partial charge is 0.494 e. The topological polar surface area (TPSA) is 202 Å². The highest BCUT2D eigenvalue weighted by Gasteiger charge is 2.23. The van der Waals surface area contributed by atoms with E-state index in [1.165, 1.54) is 150 Å². The number of nitriles is 1. The highest BCUT2D eigenvalue weighted by Crippen LogP contribution is 2.39. The average Bonchev–Trinajstić information content (AvgIpc) is 1.65. The molecule has 0 unspecified atom stereocenters. The summed E-state index contributed by atoms with van der Waals surface area (Å²) in [5.41, 5.74) is 42.7. The molecule has 3 aromatic heterocycles. The summed E-state index contributed by atoms with van der Waals surface area (Å²) in [4.78, 5) is 55.8. The fourth-order valence-electron chi connectivity index (χ4n) is 17.9. The third-order valence-corrected chi connectivity index (χ3v) is 25.1. The molecule has 10 aliphatic rings. The molecule has 1 fully saturated rings. The van der Waals surface area contributed by atoms with Gasteiger partial charge in [-0.3, -0.25) is 44.9 Å². The number of fused-ring (bicyclic) bond motifs is 12. The van der Waals surface area contributed by atoms with Crippen molar-refractivity contribution in [3.8, 4) is 11.8 Å². The van der Waals surface area contributed by atoms with Crippen molar-refractivity contribution >= 4 is 141 Å². The normalized spacial score (nSPS) is 13.9. The van der Waals surface area contributed by atoms with Crippen LogP contribution in [0.2, 0.25) is 0 Å². The first-order chi connectivity index (χ1) is 67.5. The number of imidazole rings is 3. The highest BCUT2D eigenvalue weighted by atomic mass is 19.1. The maximum absolute atomic E-state index is 13.0. The smallest absolute Gasteiger partial charge is 0.189 e. The number of aliphatic imine (C=N–C) groups is 9. The molecule has 9 aliphatic heterocycles. The lowest BCUT2D eigenvalue weighted by Gasteiger charge is -2.26. The number of hydrogen-bond acceptors (Lipinski definition) is 14. The number of benzene rings is 12. The van der Waals surface area contributed by atoms with E-state index in [0.717, 1.165) is 185 Å². The number of aromatic nitrogens is 6. The Labute approximate surface area is 822 Å². The van der Waals surface area contributed by atoms with Crippen molar-refractivity contribution < 1.29 is 13.5 Å². The Morgan fingerprint density at radius 1 is 0.386 bits per heavy atom. The Kier molecular flexibility index (Phi) is 33.7. The maximum atomic E-state index is 13.0. The predicted molar refractivity (Wildman–Crippen MR) is 580 cm³/mol. The number of para-hydroxylation sites is 11. The van der Waals surface area contributed by atoms with Crippen LogP contribution in [0.25, 0.3) is 37.9 Å². The highest BCUT2D eigenvalue weighted by molar-refractivity contribution is 5.98. The fraction of sp³-hybridized carbons (Fsp3) is 0.267. The molecule has 12 heterocycles. The Balaban J connectivity index is 0.000000122. The number of nitrogens with zero attached hydrogens (tertiary/aromatic N) is 17. The van der Waals surface area contributed by atoms with Crippen LogP contribution in [0.4, 0.5) is 65.7 Å². The molecule has 18 nitrogen and oxygen atoms in total. The van der Waals surface area contributed by atoms with Crippen molar-refractivity contribution in [3.63, 3.8) is 0 Å². The van der Waals surface area contributed by atoms with Crippen molar-refractivity contribution in [1.82, 2.24) is 28.7 Å². The molecular weight excluding hydrogens is 1730 g/mol. The van der Waals surface area contributed by atoms with E-state index in [1.807, 2.05) is 153 Å². The summed E-state index contributed by atoms with van der Waals surface area (Å²) < 4.78 is 37.4. The van der Waals surface area contributed by atoms with Gasteiger partial charge in [0.15, 0.2) is 5.69 Å². The van der Waals surface area contributed by atoms with Gasteiger partial charge in [-0.15, -0.1) is 6.58 Å². The number of allylic oxidation sites excluding steroid dienone is 1. The van der Waals surface area contributed by atoms with Gasteiger partial charge in [-0.05, 0) is 280 Å². The summed E-state index contributed by atoms with van der Waals surface area (Å²) >= 11 is 0. The lowest BCUT2D eigenvalue weighted by atomic mass is 9.85. The van der Waals surface area contributed by atoms with Crippen LogP contribution >= 0.6 is 0 Å². The number of methoxy groups -OCH3 is 1. The second kappa shape index (κ2) is 47.0. The lowest BCUT2D eigenvalue weighted by Crippen LogP contribution is -2.18. The molecule has 0 N–H and O–H groups in total. The zero-order chi connectivity index (χ0) is 99.2. The zero-order valence-electron chi connectivity index (χ0n) is 83.6. The van der Waals surface area contributed by atoms with Crippen LogP contribution in [0.5, 0.6) is 5.75 Å². The SMILES string of the molecule is C=CCn1c(C)nc2ccccc21.CC1=Nc2c(C#N)cccc2C1.CC1=Nc2c(C)cccc2C1.CC1=Nc2c(F)cccc2C1.CC1=Nc2cc(C)ccc2C1.CC1=Nc2cc(C)ccc2C1.CC1=Nc2cc(F)ccc2C1.CC1=Nc2ccccc2C1.COc1cccc2c1N=C(C)C2.Cc1nc2ccccc2n1C.Cc1nc2ccccc2n1CC1CCC1.[C-]#[N+]c1ccc2c(c1)N=C(C)C2. The third-order valence-electron chi connectivity index (χ3n) is 25.1. The number of halogens is 2. The summed E-state index contributed by atoms with van der Waals surface area (Å²) in [5.74, 6) is 4.61. The summed E-state index contributed by atoms with van der Waals surface area (Å²) in [5, 5.41) is 8.77. The van der Waals surface area contributed by atoms with E-state index in [1.54, 1.807) is 25.3 Å². The number of ether oxygens (including phenoxy) is 1. The van der Waals surface area contributed by atoms with Gasteiger partial charge < -0.3 is 18.4 Å². The molecule has 0 atom stereocenters. The zero-order valence-corrected chi connectivity index (χ0v) is 83.6. The summed E-state index contributed by atoms with van der Waals surface area (Å²) in [6.45, 7) is 43.2. The van der Waals surface area contributed by atoms with E-state index in [2.05, 4.69) is 262 Å². The molecule has 0 spiro atoms. The van der Waals surface area contributed by atoms with Crippen LogP contribution in [-0.2, 0) is 77.9 Å². The van der Waals surface area contributed by atoms with Gasteiger partial charge in [0.1, 0.15) is 52.3 Å². The molecule has 708 valence electrons. The standard InChI is InChI=1S/C13H16N2.C11H12N2.2C10H8N2.C10H11NO.3C10H11N.2C9H8FN.C9H10N2.C9H9N/c1-10-14-12-7-2-3-8-13(12)15(10)9-11-5-4-6-11;1-3-8-13-9(2)12-10-6-4-5-7-11(10)13;1-7-5-8-3-4-9(11-2)6-10(8)12-7;1-7-5-8-3-2-4-9(6-11)10(8)12-7;1-7-6-8-4-3-5-9(12-2)10(8)11-7;2*1-7-3-4-9-6-8(2)11-10(9)5-7;1-7-4-3-5-9-6-8(2)11-10(7)9;1-6-4-7-2-3-8(10)5-9(7)11-6;1-6-5-7-3-2-4-8(10)9(7)11-6;1-7-10-8-5-3-4-6-9(8)11(7)2;1-7-6-8-4-2-3-5-9(8)10-7/h2-3,7-8,11H,4-6,9H2,1H3;3-7H,1,8H2,2H3;3-4,6H,5H2,1H3;2-4H,5H2,1H3;3-5H,6H2,1-2H3;3*3-5H,6H2,1-2H3;2-3,5H,4H2,1H3;2-4H,5H2,1H3;3-6H,1-2H3;2-5H,6H2,1H3. The van der Waals surface area contributed by atoms with Crippen molar-refractivity contribution in [2.75, 3.05) is 7.11 Å². The predicted octanol–water partition coefficient (Wildman–Crippen LogP) is 30.2. The molecule has 0 saturated heterocycles. The van der Waals surface area contributed by atoms with Crippen molar-refractivity contribution in [3.05, 3.63) is 368 Å². The molecule has 0 radical (unpaired) electrons. The van der Waals surface area contributed by atoms with Crippen molar-refractivity contribution in [2.24, 2.45) is 57.9 Å². The second-order valence-electron chi connectivity index (χ2n) is 36.8. The molecule has 1 aliphatic carbocycles. The minimum absolute atomic E-state index is 0.206. The van der Waals surface area contributed by atoms with Crippen LogP contribution < -0.4 is 4.74 Å². The number of hydrogen-bond donors (Lipinski definition) is 0. The quantitative estimate of drug-likeness (QED) is 0.122. The van der Waals surface area contributed by atoms with Gasteiger partial charge in [0.05, 0.1) is 92.2 Å². The maximum Gasteiger partial charge on any atom is 0.189 e. The second-order valence-corrected chi connectivity index (χ2v) is 36.8. The monoisotopic (exact) mass is 1860 g/mol. The molecule has 25 rings (SSSR count). The summed E-state index contributed by atoms with van der Waals surface area (Å²) in [6.07, 6.45) is 14.7. The van der Waals surface area contributed by atoms with Gasteiger partial charge in [-0.25, -0.2) is 28.6 Å². The van der Waals surface area contributed by atoms with Crippen LogP contribution in [0, 0.1) is 77.0 Å². The molecule has 140 heavy (non-hydrogen) atoms. The first-order valence-corrected chi connectivity index (χ1v) is 47.8. The van der Waals surface area contributed by atoms with E-state index in [9.17, 15) is 8.78 Å². The molecule has 12 aromatic carbocycles. The number of aryl methyl sites for hydroxylation is 7.